The molecule has 3 atom stereocenters. The Labute approximate surface area is 158 Å². The van der Waals surface area contributed by atoms with E-state index in [-0.39, 0.29) is 30.3 Å². The minimum atomic E-state index is -0.782. The smallest absolute Gasteiger partial charge is 0.234 e. The molecular weight excluding hydrogens is 348 g/mol. The van der Waals surface area contributed by atoms with Gasteiger partial charge in [-0.1, -0.05) is 12.2 Å². The number of fused-ring (bicyclic) bond motifs is 2. The van der Waals surface area contributed by atoms with Crippen molar-refractivity contribution in [2.45, 2.75) is 25.5 Å². The number of methoxy groups -OCH3 is 2. The molecule has 7 heteroatoms. The Morgan fingerprint density at radius 2 is 1.63 bits per heavy atom. The van der Waals surface area contributed by atoms with Crippen LogP contribution in [0.15, 0.2) is 24.3 Å². The van der Waals surface area contributed by atoms with Crippen molar-refractivity contribution < 1.29 is 24.2 Å². The van der Waals surface area contributed by atoms with Crippen LogP contribution in [-0.2, 0) is 16.1 Å². The number of imide groups is 1. The van der Waals surface area contributed by atoms with E-state index in [1.54, 1.807) is 26.4 Å². The van der Waals surface area contributed by atoms with E-state index in [1.165, 1.54) is 4.90 Å². The number of carbonyl (C=O) groups is 2. The van der Waals surface area contributed by atoms with Crippen LogP contribution in [0.3, 0.4) is 0 Å². The summed E-state index contributed by atoms with van der Waals surface area (Å²) in [6.07, 6.45) is 4.43. The van der Waals surface area contributed by atoms with Crippen LogP contribution in [0, 0.1) is 11.8 Å². The quantitative estimate of drug-likeness (QED) is 0.637. The van der Waals surface area contributed by atoms with Crippen molar-refractivity contribution in [3.05, 3.63) is 35.4 Å². The average Bonchev–Trinajstić information content (AvgIpc) is 2.92. The summed E-state index contributed by atoms with van der Waals surface area (Å²) in [6.45, 7) is 0.972. The molecule has 0 unspecified atom stereocenters. The molecule has 1 aliphatic carbocycles. The van der Waals surface area contributed by atoms with Gasteiger partial charge in [0.25, 0.3) is 0 Å². The number of hydrogen-bond donors (Lipinski definition) is 1. The first-order valence-corrected chi connectivity index (χ1v) is 9.19. The number of nitrogens with zero attached hydrogens (tertiary/aromatic N) is 2. The largest absolute Gasteiger partial charge is 0.496 e. The van der Waals surface area contributed by atoms with Gasteiger partial charge in [0, 0.05) is 24.2 Å². The van der Waals surface area contributed by atoms with Gasteiger partial charge in [-0.2, -0.15) is 0 Å². The molecule has 0 saturated carbocycles. The molecule has 0 spiro atoms. The van der Waals surface area contributed by atoms with Crippen LogP contribution in [0.25, 0.3) is 0 Å². The molecule has 144 valence electrons. The highest BCUT2D eigenvalue weighted by Gasteiger charge is 2.47. The van der Waals surface area contributed by atoms with Crippen molar-refractivity contribution in [3.63, 3.8) is 0 Å². The number of rotatable bonds is 4. The van der Waals surface area contributed by atoms with Gasteiger partial charge in [-0.05, 0) is 25.0 Å². The molecule has 1 N–H and O–H groups in total. The van der Waals surface area contributed by atoms with Crippen LogP contribution in [0.5, 0.6) is 11.5 Å². The van der Waals surface area contributed by atoms with Gasteiger partial charge in [0.15, 0.2) is 0 Å². The van der Waals surface area contributed by atoms with Crippen molar-refractivity contribution in [3.8, 4) is 11.5 Å². The second-order valence-electron chi connectivity index (χ2n) is 7.29. The van der Waals surface area contributed by atoms with Crippen LogP contribution in [0.1, 0.15) is 30.1 Å². The van der Waals surface area contributed by atoms with Crippen LogP contribution >= 0.6 is 0 Å². The number of β-amino-alcohol motifs (C(OH)–C–C–N with tert-alkyl or cyclic N) is 1. The molecule has 0 aromatic heterocycles. The number of aliphatic hydroxyl groups is 1. The Hall–Kier alpha value is -2.38. The maximum atomic E-state index is 12.7. The number of carbonyl (C=O) groups excluding carboxylic acids is 2. The average molecular weight is 372 g/mol. The van der Waals surface area contributed by atoms with E-state index in [0.717, 1.165) is 5.56 Å². The fourth-order valence-electron chi connectivity index (χ4n) is 4.46. The van der Waals surface area contributed by atoms with Gasteiger partial charge in [-0.25, -0.2) is 0 Å². The SMILES string of the molecule is COc1ccc(OC)c2c1CN(CN1C(=O)[C@H]3CC=CC[C@H]3C1=O)C[C@H]2O. The van der Waals surface area contributed by atoms with Gasteiger partial charge in [-0.15, -0.1) is 0 Å². The second-order valence-corrected chi connectivity index (χ2v) is 7.29. The topological polar surface area (TPSA) is 79.3 Å². The number of benzene rings is 1. The van der Waals surface area contributed by atoms with Gasteiger partial charge >= 0.3 is 0 Å². The summed E-state index contributed by atoms with van der Waals surface area (Å²) in [6, 6.07) is 3.59. The molecule has 2 aliphatic heterocycles. The zero-order valence-electron chi connectivity index (χ0n) is 15.6. The fraction of sp³-hybridized carbons (Fsp3) is 0.500. The van der Waals surface area contributed by atoms with Crippen molar-refractivity contribution in [1.29, 1.82) is 0 Å². The summed E-state index contributed by atoms with van der Waals surface area (Å²) in [5, 5.41) is 10.7. The molecule has 1 saturated heterocycles. The third kappa shape index (κ3) is 2.91. The van der Waals surface area contributed by atoms with E-state index in [9.17, 15) is 14.7 Å². The molecule has 4 rings (SSSR count). The molecular formula is C20H24N2O5. The summed E-state index contributed by atoms with van der Waals surface area (Å²) >= 11 is 0. The lowest BCUT2D eigenvalue weighted by Crippen LogP contribution is -2.45. The van der Waals surface area contributed by atoms with Crippen LogP contribution < -0.4 is 9.47 Å². The van der Waals surface area contributed by atoms with E-state index < -0.39 is 6.10 Å². The molecule has 2 amide bonds. The zero-order chi connectivity index (χ0) is 19.1. The molecule has 7 nitrogen and oxygen atoms in total. The zero-order valence-corrected chi connectivity index (χ0v) is 15.6. The highest BCUT2D eigenvalue weighted by atomic mass is 16.5. The summed E-state index contributed by atoms with van der Waals surface area (Å²) in [5.74, 6) is 0.590. The number of aliphatic hydroxyl groups excluding tert-OH is 1. The van der Waals surface area contributed by atoms with E-state index in [1.807, 2.05) is 17.1 Å². The summed E-state index contributed by atoms with van der Waals surface area (Å²) in [7, 11) is 3.15. The molecule has 1 fully saturated rings. The van der Waals surface area contributed by atoms with Crippen molar-refractivity contribution >= 4 is 11.8 Å². The Morgan fingerprint density at radius 1 is 1.04 bits per heavy atom. The summed E-state index contributed by atoms with van der Waals surface area (Å²) in [4.78, 5) is 28.7. The predicted molar refractivity (Wildman–Crippen MR) is 97.0 cm³/mol. The number of allylic oxidation sites excluding steroid dienone is 2. The van der Waals surface area contributed by atoms with Crippen LogP contribution in [-0.4, -0.2) is 54.2 Å². The third-order valence-corrected chi connectivity index (χ3v) is 5.80. The van der Waals surface area contributed by atoms with Gasteiger partial charge in [0.1, 0.15) is 11.5 Å². The third-order valence-electron chi connectivity index (χ3n) is 5.80. The second kappa shape index (κ2) is 6.98. The lowest BCUT2D eigenvalue weighted by Gasteiger charge is -2.35. The first-order valence-electron chi connectivity index (χ1n) is 9.19. The maximum absolute atomic E-state index is 12.7. The monoisotopic (exact) mass is 372 g/mol. The van der Waals surface area contributed by atoms with E-state index in [4.69, 9.17) is 9.47 Å². The number of hydrogen-bond acceptors (Lipinski definition) is 6. The molecule has 2 heterocycles. The molecule has 0 bridgehead atoms. The maximum Gasteiger partial charge on any atom is 0.234 e. The highest BCUT2D eigenvalue weighted by Crippen LogP contribution is 2.40. The van der Waals surface area contributed by atoms with E-state index in [0.29, 0.717) is 43.0 Å². The van der Waals surface area contributed by atoms with Gasteiger partial charge in [-0.3, -0.25) is 19.4 Å². The highest BCUT2D eigenvalue weighted by molar-refractivity contribution is 6.05. The molecule has 3 aliphatic rings. The van der Waals surface area contributed by atoms with Crippen molar-refractivity contribution in [1.82, 2.24) is 9.80 Å². The minimum absolute atomic E-state index is 0.104. The lowest BCUT2D eigenvalue weighted by atomic mass is 9.85. The first-order chi connectivity index (χ1) is 13.0. The minimum Gasteiger partial charge on any atom is -0.496 e. The molecule has 27 heavy (non-hydrogen) atoms. The lowest BCUT2D eigenvalue weighted by molar-refractivity contribution is -0.143. The molecule has 0 radical (unpaired) electrons. The number of likely N-dealkylation sites (tertiary alicyclic amines) is 1. The number of amides is 2. The van der Waals surface area contributed by atoms with Crippen LogP contribution in [0.2, 0.25) is 0 Å². The van der Waals surface area contributed by atoms with Crippen molar-refractivity contribution in [2.75, 3.05) is 27.4 Å². The molecule has 1 aromatic carbocycles. The Morgan fingerprint density at radius 3 is 2.22 bits per heavy atom. The standard InChI is InChI=1S/C20H24N2O5/c1-26-16-7-8-17(27-2)18-14(16)9-21(10-15(18)23)11-22-19(24)12-5-3-4-6-13(12)20(22)25/h3-4,7-8,12-13,15,23H,5-6,9-11H2,1-2H3/t12-,13+,15-/m1/s1. The van der Waals surface area contributed by atoms with Gasteiger partial charge in [0.05, 0.1) is 38.8 Å². The van der Waals surface area contributed by atoms with E-state index >= 15 is 0 Å². The molecule has 1 aromatic rings. The Bertz CT molecular complexity index is 780. The van der Waals surface area contributed by atoms with Gasteiger partial charge in [0.2, 0.25) is 11.8 Å². The predicted octanol–water partition coefficient (Wildman–Crippen LogP) is 1.46. The summed E-state index contributed by atoms with van der Waals surface area (Å²) in [5.41, 5.74) is 1.54. The Kier molecular flexibility index (Phi) is 4.65. The van der Waals surface area contributed by atoms with Gasteiger partial charge < -0.3 is 14.6 Å². The summed E-state index contributed by atoms with van der Waals surface area (Å²) < 4.78 is 10.8. The number of ether oxygens (including phenoxy) is 2. The van der Waals surface area contributed by atoms with Crippen LogP contribution in [0.4, 0.5) is 0 Å². The van der Waals surface area contributed by atoms with Crippen molar-refractivity contribution in [2.24, 2.45) is 11.8 Å². The fourth-order valence-corrected chi connectivity index (χ4v) is 4.46. The Balaban J connectivity index is 1.57. The first kappa shape index (κ1) is 18.0. The normalized spacial score (nSPS) is 27.5. The van der Waals surface area contributed by atoms with E-state index in [2.05, 4.69) is 0 Å².